The minimum Gasteiger partial charge on any atom is -0.411 e. The average molecular weight is 292 g/mol. The van der Waals surface area contributed by atoms with Crippen LogP contribution in [0.3, 0.4) is 0 Å². The molecule has 2 aromatic rings. The van der Waals surface area contributed by atoms with Gasteiger partial charge in [-0.15, -0.1) is 0 Å². The van der Waals surface area contributed by atoms with Gasteiger partial charge < -0.3 is 10.5 Å². The van der Waals surface area contributed by atoms with Crippen molar-refractivity contribution >= 4 is 5.95 Å². The largest absolute Gasteiger partial charge is 0.411 e. The Morgan fingerprint density at radius 3 is 2.67 bits per heavy atom. The highest BCUT2D eigenvalue weighted by Gasteiger charge is 2.47. The van der Waals surface area contributed by atoms with Crippen LogP contribution in [0.4, 0.5) is 10.3 Å². The number of aromatic amines is 1. The molecule has 1 aliphatic rings. The van der Waals surface area contributed by atoms with E-state index in [0.29, 0.717) is 5.56 Å². The molecular weight excluding hydrogens is 283 g/mol. The fourth-order valence-corrected chi connectivity index (χ4v) is 2.33. The predicted octanol–water partition coefficient (Wildman–Crippen LogP) is 0.618. The summed E-state index contributed by atoms with van der Waals surface area (Å²) in [6.45, 7) is 0. The number of nitrogens with one attached hydrogen (secondary N) is 1. The molecule has 3 rings (SSSR count). The quantitative estimate of drug-likeness (QED) is 0.617. The summed E-state index contributed by atoms with van der Waals surface area (Å²) >= 11 is 0. The maximum atomic E-state index is 13.0. The van der Waals surface area contributed by atoms with E-state index in [-0.39, 0.29) is 17.4 Å². The Labute approximate surface area is 116 Å². The van der Waals surface area contributed by atoms with E-state index in [1.165, 1.54) is 12.1 Å². The Morgan fingerprint density at radius 2 is 2.05 bits per heavy atom. The summed E-state index contributed by atoms with van der Waals surface area (Å²) in [4.78, 5) is 28.5. The van der Waals surface area contributed by atoms with Crippen molar-refractivity contribution in [2.45, 2.75) is 12.1 Å². The summed E-state index contributed by atoms with van der Waals surface area (Å²) in [6.07, 6.45) is -1.51. The maximum Gasteiger partial charge on any atom is 0.366 e. The van der Waals surface area contributed by atoms with E-state index < -0.39 is 28.4 Å². The molecule has 21 heavy (non-hydrogen) atoms. The first-order valence-electron chi connectivity index (χ1n) is 5.92. The first-order chi connectivity index (χ1) is 9.97. The van der Waals surface area contributed by atoms with E-state index in [1.54, 1.807) is 0 Å². The standard InChI is InChI=1S/C12H9FN4O4/c13-6-3-1-5(2-4-6)7-8-9(18)15-12(14)16-10(8)21-11(7)17(19)20/h1-4,7,11H,(H3,14,15,16,18)/t7-,11-/m1/s1. The third-order valence-electron chi connectivity index (χ3n) is 3.20. The molecule has 1 aliphatic heterocycles. The van der Waals surface area contributed by atoms with Gasteiger partial charge in [-0.05, 0) is 17.7 Å². The fraction of sp³-hybridized carbons (Fsp3) is 0.167. The highest BCUT2D eigenvalue weighted by atomic mass is 19.1. The first kappa shape index (κ1) is 13.0. The monoisotopic (exact) mass is 292 g/mol. The van der Waals surface area contributed by atoms with Crippen molar-refractivity contribution in [2.24, 2.45) is 0 Å². The predicted molar refractivity (Wildman–Crippen MR) is 68.9 cm³/mol. The zero-order chi connectivity index (χ0) is 15.1. The van der Waals surface area contributed by atoms with Crippen LogP contribution in [0.15, 0.2) is 29.1 Å². The topological polar surface area (TPSA) is 124 Å². The number of benzene rings is 1. The number of hydrogen-bond donors (Lipinski definition) is 2. The van der Waals surface area contributed by atoms with Gasteiger partial charge in [0.25, 0.3) is 5.56 Å². The molecule has 0 fully saturated rings. The van der Waals surface area contributed by atoms with Crippen molar-refractivity contribution in [1.29, 1.82) is 0 Å². The third-order valence-corrected chi connectivity index (χ3v) is 3.20. The van der Waals surface area contributed by atoms with Crippen molar-refractivity contribution < 1.29 is 14.1 Å². The van der Waals surface area contributed by atoms with Crippen LogP contribution in [-0.4, -0.2) is 21.1 Å². The van der Waals surface area contributed by atoms with Crippen molar-refractivity contribution in [3.05, 3.63) is 61.7 Å². The molecule has 108 valence electrons. The molecule has 0 aliphatic carbocycles. The smallest absolute Gasteiger partial charge is 0.366 e. The van der Waals surface area contributed by atoms with E-state index in [2.05, 4.69) is 9.97 Å². The number of anilines is 1. The highest BCUT2D eigenvalue weighted by Crippen LogP contribution is 2.39. The van der Waals surface area contributed by atoms with Crippen LogP contribution < -0.4 is 16.0 Å². The van der Waals surface area contributed by atoms with Crippen LogP contribution in [0, 0.1) is 15.9 Å². The molecule has 0 unspecified atom stereocenters. The molecule has 0 saturated carbocycles. The lowest BCUT2D eigenvalue weighted by atomic mass is 9.93. The van der Waals surface area contributed by atoms with Crippen LogP contribution in [0.1, 0.15) is 17.0 Å². The normalized spacial score (nSPS) is 19.9. The molecular formula is C12H9FN4O4. The Balaban J connectivity index is 2.19. The van der Waals surface area contributed by atoms with Crippen LogP contribution >= 0.6 is 0 Å². The second-order valence-electron chi connectivity index (χ2n) is 4.49. The minimum atomic E-state index is -1.51. The van der Waals surface area contributed by atoms with Gasteiger partial charge in [-0.1, -0.05) is 12.1 Å². The second kappa shape index (κ2) is 4.54. The Morgan fingerprint density at radius 1 is 1.38 bits per heavy atom. The molecule has 0 amide bonds. The number of nitrogens with two attached hydrogens (primary N) is 1. The number of H-pyrrole nitrogens is 1. The number of nitro groups is 1. The number of rotatable bonds is 2. The molecule has 1 aromatic carbocycles. The van der Waals surface area contributed by atoms with Gasteiger partial charge in [0.1, 0.15) is 11.7 Å². The molecule has 3 N–H and O–H groups in total. The summed E-state index contributed by atoms with van der Waals surface area (Å²) in [5, 5.41) is 11.2. The molecule has 1 aromatic heterocycles. The molecule has 0 saturated heterocycles. The van der Waals surface area contributed by atoms with Crippen molar-refractivity contribution in [1.82, 2.24) is 9.97 Å². The van der Waals surface area contributed by atoms with Crippen molar-refractivity contribution in [3.63, 3.8) is 0 Å². The average Bonchev–Trinajstić information content (AvgIpc) is 2.79. The summed E-state index contributed by atoms with van der Waals surface area (Å²) in [7, 11) is 0. The molecule has 0 spiro atoms. The lowest BCUT2D eigenvalue weighted by Gasteiger charge is -2.11. The number of nitrogens with zero attached hydrogens (tertiary/aromatic N) is 2. The van der Waals surface area contributed by atoms with E-state index in [4.69, 9.17) is 10.5 Å². The highest BCUT2D eigenvalue weighted by molar-refractivity contribution is 5.43. The third kappa shape index (κ3) is 2.08. The summed E-state index contributed by atoms with van der Waals surface area (Å²) < 4.78 is 18.1. The van der Waals surface area contributed by atoms with Crippen molar-refractivity contribution in [2.75, 3.05) is 5.73 Å². The summed E-state index contributed by atoms with van der Waals surface area (Å²) in [5.74, 6) is -1.83. The number of halogens is 1. The van der Waals surface area contributed by atoms with Gasteiger partial charge in [-0.2, -0.15) is 4.98 Å². The fourth-order valence-electron chi connectivity index (χ4n) is 2.33. The van der Waals surface area contributed by atoms with Crippen LogP contribution in [0.25, 0.3) is 0 Å². The zero-order valence-electron chi connectivity index (χ0n) is 10.4. The van der Waals surface area contributed by atoms with Gasteiger partial charge in [-0.25, -0.2) is 4.39 Å². The number of ether oxygens (including phenoxy) is 1. The van der Waals surface area contributed by atoms with E-state index in [9.17, 15) is 19.3 Å². The van der Waals surface area contributed by atoms with Crippen LogP contribution in [0.5, 0.6) is 5.88 Å². The lowest BCUT2D eigenvalue weighted by Crippen LogP contribution is -2.30. The summed E-state index contributed by atoms with van der Waals surface area (Å²) in [5.41, 5.74) is 5.17. The molecule has 8 nitrogen and oxygen atoms in total. The molecule has 9 heteroatoms. The van der Waals surface area contributed by atoms with Crippen LogP contribution in [-0.2, 0) is 0 Å². The van der Waals surface area contributed by atoms with Gasteiger partial charge in [0, 0.05) is 0 Å². The van der Waals surface area contributed by atoms with E-state index in [0.717, 1.165) is 12.1 Å². The Bertz CT molecular complexity index is 774. The van der Waals surface area contributed by atoms with Gasteiger partial charge in [-0.3, -0.25) is 19.9 Å². The first-order valence-corrected chi connectivity index (χ1v) is 5.92. The second-order valence-corrected chi connectivity index (χ2v) is 4.49. The Kier molecular flexibility index (Phi) is 2.82. The number of fused-ring (bicyclic) bond motifs is 1. The lowest BCUT2D eigenvalue weighted by molar-refractivity contribution is -0.562. The molecule has 0 bridgehead atoms. The molecule has 2 atom stereocenters. The molecule has 0 radical (unpaired) electrons. The van der Waals surface area contributed by atoms with E-state index >= 15 is 0 Å². The Hall–Kier alpha value is -2.97. The van der Waals surface area contributed by atoms with Gasteiger partial charge in [0.15, 0.2) is 0 Å². The number of aromatic nitrogens is 2. The summed E-state index contributed by atoms with van der Waals surface area (Å²) in [6, 6.07) is 5.04. The van der Waals surface area contributed by atoms with Crippen molar-refractivity contribution in [3.8, 4) is 5.88 Å². The SMILES string of the molecule is Nc1nc2c(c(=O)[nH]1)[C@@H](c1ccc(F)cc1)[C@H]([N+](=O)[O-])O2. The van der Waals surface area contributed by atoms with Gasteiger partial charge in [0.2, 0.25) is 11.8 Å². The maximum absolute atomic E-state index is 13.0. The zero-order valence-corrected chi connectivity index (χ0v) is 10.4. The molecule has 2 heterocycles. The van der Waals surface area contributed by atoms with Gasteiger partial charge >= 0.3 is 6.23 Å². The van der Waals surface area contributed by atoms with E-state index in [1.807, 2.05) is 0 Å². The number of nitrogen functional groups attached to an aromatic ring is 1. The number of hydrogen-bond acceptors (Lipinski definition) is 6. The van der Waals surface area contributed by atoms with Gasteiger partial charge in [0.05, 0.1) is 10.5 Å². The van der Waals surface area contributed by atoms with Crippen LogP contribution in [0.2, 0.25) is 0 Å². The minimum absolute atomic E-state index is 0.0116.